The van der Waals surface area contributed by atoms with Gasteiger partial charge in [0.15, 0.2) is 0 Å². The maximum Gasteiger partial charge on any atom is 0.305 e. The van der Waals surface area contributed by atoms with E-state index in [0.717, 1.165) is 38.5 Å². The molecule has 1 amide bonds. The lowest BCUT2D eigenvalue weighted by molar-refractivity contribution is -0.143. The molecular formula is C64H125NO5. The van der Waals surface area contributed by atoms with Crippen LogP contribution in [-0.4, -0.2) is 47.4 Å². The molecular weight excluding hydrogens is 863 g/mol. The van der Waals surface area contributed by atoms with Crippen LogP contribution in [0.15, 0.2) is 12.2 Å². The maximum absolute atomic E-state index is 12.4. The predicted molar refractivity (Wildman–Crippen MR) is 306 cm³/mol. The van der Waals surface area contributed by atoms with Crippen molar-refractivity contribution in [3.05, 3.63) is 12.2 Å². The van der Waals surface area contributed by atoms with Crippen LogP contribution in [0.2, 0.25) is 0 Å². The molecule has 6 nitrogen and oxygen atoms in total. The summed E-state index contributed by atoms with van der Waals surface area (Å²) >= 11 is 0. The molecule has 0 heterocycles. The van der Waals surface area contributed by atoms with Gasteiger partial charge in [-0.15, -0.1) is 0 Å². The summed E-state index contributed by atoms with van der Waals surface area (Å²) in [6, 6.07) is -0.624. The molecule has 0 saturated carbocycles. The molecule has 0 spiro atoms. The predicted octanol–water partition coefficient (Wildman–Crippen LogP) is 20.0. The summed E-state index contributed by atoms with van der Waals surface area (Å²) in [6.07, 6.45) is 72.7. The minimum atomic E-state index is -0.841. The van der Waals surface area contributed by atoms with Crippen molar-refractivity contribution in [3.8, 4) is 0 Å². The highest BCUT2D eigenvalue weighted by Gasteiger charge is 2.18. The van der Waals surface area contributed by atoms with E-state index in [9.17, 15) is 19.8 Å². The van der Waals surface area contributed by atoms with E-state index in [2.05, 4.69) is 19.2 Å². The molecule has 0 aliphatic heterocycles. The fourth-order valence-corrected chi connectivity index (χ4v) is 10.2. The van der Waals surface area contributed by atoms with Gasteiger partial charge in [-0.25, -0.2) is 0 Å². The maximum atomic E-state index is 12.4. The van der Waals surface area contributed by atoms with E-state index in [1.54, 1.807) is 6.08 Å². The third-order valence-corrected chi connectivity index (χ3v) is 15.1. The molecule has 0 aliphatic carbocycles. The van der Waals surface area contributed by atoms with Crippen molar-refractivity contribution >= 4 is 11.9 Å². The lowest BCUT2D eigenvalue weighted by Gasteiger charge is -2.20. The van der Waals surface area contributed by atoms with Crippen LogP contribution in [-0.2, 0) is 14.3 Å². The largest absolute Gasteiger partial charge is 0.466 e. The number of aliphatic hydroxyl groups is 2. The first kappa shape index (κ1) is 68.6. The van der Waals surface area contributed by atoms with Crippen LogP contribution < -0.4 is 5.32 Å². The second-order valence-electron chi connectivity index (χ2n) is 22.1. The summed E-state index contributed by atoms with van der Waals surface area (Å²) in [5.74, 6) is -0.0454. The number of unbranched alkanes of at least 4 members (excludes halogenated alkanes) is 49. The number of allylic oxidation sites excluding steroid dienone is 1. The van der Waals surface area contributed by atoms with E-state index in [-0.39, 0.29) is 18.5 Å². The second kappa shape index (κ2) is 60.2. The number of carbonyl (C=O) groups excluding carboxylic acids is 2. The van der Waals surface area contributed by atoms with Gasteiger partial charge in [0.1, 0.15) is 0 Å². The summed E-state index contributed by atoms with van der Waals surface area (Å²) in [4.78, 5) is 24.5. The zero-order valence-corrected chi connectivity index (χ0v) is 47.5. The quantitative estimate of drug-likeness (QED) is 0.0321. The average molecular weight is 989 g/mol. The van der Waals surface area contributed by atoms with Crippen molar-refractivity contribution in [3.63, 3.8) is 0 Å². The molecule has 0 aromatic heterocycles. The lowest BCUT2D eigenvalue weighted by Crippen LogP contribution is -2.45. The normalized spacial score (nSPS) is 12.6. The Morgan fingerprint density at radius 1 is 0.386 bits per heavy atom. The van der Waals surface area contributed by atoms with E-state index in [1.807, 2.05) is 6.08 Å². The van der Waals surface area contributed by atoms with Crippen LogP contribution in [0.3, 0.4) is 0 Å². The number of nitrogens with one attached hydrogen (secondary N) is 1. The number of ether oxygens (including phenoxy) is 1. The molecule has 70 heavy (non-hydrogen) atoms. The number of esters is 1. The van der Waals surface area contributed by atoms with Crippen LogP contribution >= 0.6 is 0 Å². The van der Waals surface area contributed by atoms with Crippen molar-refractivity contribution < 1.29 is 24.5 Å². The van der Waals surface area contributed by atoms with Crippen LogP contribution in [0.4, 0.5) is 0 Å². The average Bonchev–Trinajstić information content (AvgIpc) is 3.36. The van der Waals surface area contributed by atoms with Gasteiger partial charge in [-0.05, 0) is 32.1 Å². The number of amides is 1. The van der Waals surface area contributed by atoms with Gasteiger partial charge < -0.3 is 20.3 Å². The van der Waals surface area contributed by atoms with Gasteiger partial charge in [-0.1, -0.05) is 328 Å². The van der Waals surface area contributed by atoms with Crippen molar-refractivity contribution in [1.29, 1.82) is 0 Å². The number of rotatable bonds is 60. The minimum absolute atomic E-state index is 0.0205. The molecule has 0 radical (unpaired) electrons. The fraction of sp³-hybridized carbons (Fsp3) is 0.938. The standard InChI is InChI=1S/C64H125NO5/c1-3-5-7-9-11-13-15-16-17-27-31-34-38-42-46-50-54-58-64(69)70-59-55-51-47-43-39-35-32-29-26-24-22-20-18-19-21-23-25-28-30-33-37-41-45-49-53-57-63(68)65-61(60-66)62(67)56-52-48-44-40-36-14-12-10-8-6-4-2/h52,56,61-62,66-67H,3-51,53-55,57-60H2,1-2H3,(H,65,68)/b56-52+. The molecule has 0 rings (SSSR count). The first-order valence-electron chi connectivity index (χ1n) is 32.0. The van der Waals surface area contributed by atoms with E-state index < -0.39 is 12.1 Å². The number of hydrogen-bond acceptors (Lipinski definition) is 5. The summed E-state index contributed by atoms with van der Waals surface area (Å²) < 4.78 is 5.50. The number of carbonyl (C=O) groups is 2. The zero-order chi connectivity index (χ0) is 50.7. The molecule has 2 unspecified atom stereocenters. The molecule has 0 aromatic rings. The Bertz CT molecular complexity index is 1050. The minimum Gasteiger partial charge on any atom is -0.466 e. The Hall–Kier alpha value is -1.40. The Kier molecular flexibility index (Phi) is 59.0. The van der Waals surface area contributed by atoms with Crippen LogP contribution in [0, 0.1) is 0 Å². The SMILES string of the molecule is CCCCCCCCCCC/C=C/C(O)C(CO)NC(=O)CCCCCCCCCCCCCCCCCCCCCCCCCCCOC(=O)CCCCCCCCCCCCCCCCCCC. The third kappa shape index (κ3) is 55.9. The van der Waals surface area contributed by atoms with Crippen LogP contribution in [0.1, 0.15) is 361 Å². The fourth-order valence-electron chi connectivity index (χ4n) is 10.2. The monoisotopic (exact) mass is 988 g/mol. The van der Waals surface area contributed by atoms with E-state index in [4.69, 9.17) is 4.74 Å². The molecule has 0 fully saturated rings. The molecule has 0 aromatic carbocycles. The Morgan fingerprint density at radius 2 is 0.657 bits per heavy atom. The van der Waals surface area contributed by atoms with Gasteiger partial charge in [0.2, 0.25) is 5.91 Å². The second-order valence-corrected chi connectivity index (χ2v) is 22.1. The summed E-state index contributed by atoms with van der Waals surface area (Å²) in [7, 11) is 0. The van der Waals surface area contributed by atoms with E-state index in [0.29, 0.717) is 19.4 Å². The molecule has 0 bridgehead atoms. The lowest BCUT2D eigenvalue weighted by atomic mass is 10.0. The molecule has 0 saturated heterocycles. The number of hydrogen-bond donors (Lipinski definition) is 3. The van der Waals surface area contributed by atoms with Gasteiger partial charge in [-0.3, -0.25) is 9.59 Å². The molecule has 6 heteroatoms. The van der Waals surface area contributed by atoms with Crippen LogP contribution in [0.25, 0.3) is 0 Å². The summed E-state index contributed by atoms with van der Waals surface area (Å²) in [5, 5.41) is 23.0. The van der Waals surface area contributed by atoms with Crippen molar-refractivity contribution in [2.24, 2.45) is 0 Å². The van der Waals surface area contributed by atoms with Crippen molar-refractivity contribution in [2.75, 3.05) is 13.2 Å². The van der Waals surface area contributed by atoms with Gasteiger partial charge in [-0.2, -0.15) is 0 Å². The molecule has 416 valence electrons. The highest BCUT2D eigenvalue weighted by Crippen LogP contribution is 2.18. The zero-order valence-electron chi connectivity index (χ0n) is 47.5. The number of aliphatic hydroxyl groups excluding tert-OH is 2. The van der Waals surface area contributed by atoms with Gasteiger partial charge in [0.05, 0.1) is 25.4 Å². The first-order valence-corrected chi connectivity index (χ1v) is 32.0. The third-order valence-electron chi connectivity index (χ3n) is 15.1. The Balaban J connectivity index is 3.33. The van der Waals surface area contributed by atoms with Crippen molar-refractivity contribution in [1.82, 2.24) is 5.32 Å². The molecule has 0 aliphatic rings. The van der Waals surface area contributed by atoms with Crippen molar-refractivity contribution in [2.45, 2.75) is 373 Å². The van der Waals surface area contributed by atoms with Crippen LogP contribution in [0.5, 0.6) is 0 Å². The topological polar surface area (TPSA) is 95.9 Å². The summed E-state index contributed by atoms with van der Waals surface area (Å²) in [5.41, 5.74) is 0. The smallest absolute Gasteiger partial charge is 0.305 e. The Labute approximate surface area is 438 Å². The highest BCUT2D eigenvalue weighted by molar-refractivity contribution is 5.76. The van der Waals surface area contributed by atoms with Gasteiger partial charge >= 0.3 is 5.97 Å². The Morgan fingerprint density at radius 3 is 0.971 bits per heavy atom. The highest BCUT2D eigenvalue weighted by atomic mass is 16.5. The van der Waals surface area contributed by atoms with E-state index in [1.165, 1.54) is 295 Å². The van der Waals surface area contributed by atoms with Gasteiger partial charge in [0.25, 0.3) is 0 Å². The molecule has 3 N–H and O–H groups in total. The summed E-state index contributed by atoms with van der Waals surface area (Å²) in [6.45, 7) is 4.92. The van der Waals surface area contributed by atoms with E-state index >= 15 is 0 Å². The molecule has 2 atom stereocenters. The first-order chi connectivity index (χ1) is 34.5. The van der Waals surface area contributed by atoms with Gasteiger partial charge in [0, 0.05) is 12.8 Å².